The number of halogens is 3. The van der Waals surface area contributed by atoms with Crippen LogP contribution in [0.15, 0.2) is 36.4 Å². The van der Waals surface area contributed by atoms with Crippen LogP contribution in [0.5, 0.6) is 5.75 Å². The molecule has 0 atom stereocenters. The van der Waals surface area contributed by atoms with Crippen molar-refractivity contribution in [1.29, 1.82) is 0 Å². The normalized spacial score (nSPS) is 10.4. The van der Waals surface area contributed by atoms with E-state index in [9.17, 15) is 9.50 Å². The Hall–Kier alpha value is -1.01. The average Bonchev–Trinajstić information content (AvgIpc) is 2.32. The molecule has 0 aromatic heterocycles. The topological polar surface area (TPSA) is 32.3 Å². The van der Waals surface area contributed by atoms with Crippen molar-refractivity contribution in [2.45, 2.75) is 6.54 Å². The molecule has 0 unspecified atom stereocenters. The van der Waals surface area contributed by atoms with Crippen molar-refractivity contribution in [1.82, 2.24) is 0 Å². The van der Waals surface area contributed by atoms with Crippen molar-refractivity contribution in [3.05, 3.63) is 56.4 Å². The number of rotatable bonds is 3. The lowest BCUT2D eigenvalue weighted by Crippen LogP contribution is -2.01. The summed E-state index contributed by atoms with van der Waals surface area (Å²) in [6, 6.07) is 9.44. The summed E-state index contributed by atoms with van der Waals surface area (Å²) in [6.45, 7) is 0.309. The van der Waals surface area contributed by atoms with Crippen LogP contribution in [-0.2, 0) is 6.54 Å². The molecule has 2 rings (SSSR count). The van der Waals surface area contributed by atoms with E-state index in [4.69, 9.17) is 11.6 Å². The van der Waals surface area contributed by atoms with Gasteiger partial charge in [0.25, 0.3) is 0 Å². The van der Waals surface area contributed by atoms with Crippen LogP contribution >= 0.6 is 34.2 Å². The molecule has 0 aliphatic carbocycles. The third-order valence-corrected chi connectivity index (χ3v) is 3.43. The van der Waals surface area contributed by atoms with Gasteiger partial charge < -0.3 is 10.4 Å². The average molecular weight is 378 g/mol. The van der Waals surface area contributed by atoms with Crippen LogP contribution < -0.4 is 5.32 Å². The highest BCUT2D eigenvalue weighted by molar-refractivity contribution is 14.1. The maximum absolute atomic E-state index is 13.0. The van der Waals surface area contributed by atoms with E-state index in [0.717, 1.165) is 9.26 Å². The second kappa shape index (κ2) is 5.75. The molecular formula is C13H10ClFINO. The van der Waals surface area contributed by atoms with Gasteiger partial charge in [-0.3, -0.25) is 0 Å². The highest BCUT2D eigenvalue weighted by Gasteiger charge is 2.05. The lowest BCUT2D eigenvalue weighted by Gasteiger charge is -2.10. The Balaban J connectivity index is 2.13. The van der Waals surface area contributed by atoms with Crippen LogP contribution in [0.25, 0.3) is 0 Å². The molecule has 0 aliphatic heterocycles. The summed E-state index contributed by atoms with van der Waals surface area (Å²) in [6.07, 6.45) is 0. The third-order valence-electron chi connectivity index (χ3n) is 2.44. The smallest absolute Gasteiger partial charge is 0.123 e. The molecule has 2 N–H and O–H groups in total. The van der Waals surface area contributed by atoms with Crippen molar-refractivity contribution >= 4 is 39.9 Å². The number of hydrogen-bond acceptors (Lipinski definition) is 2. The third kappa shape index (κ3) is 3.26. The van der Waals surface area contributed by atoms with Crippen LogP contribution in [0, 0.1) is 9.39 Å². The van der Waals surface area contributed by atoms with E-state index in [1.54, 1.807) is 0 Å². The molecule has 0 amide bonds. The van der Waals surface area contributed by atoms with E-state index < -0.39 is 0 Å². The first-order chi connectivity index (χ1) is 8.56. The van der Waals surface area contributed by atoms with E-state index in [2.05, 4.69) is 27.9 Å². The van der Waals surface area contributed by atoms with Crippen LogP contribution in [-0.4, -0.2) is 5.11 Å². The molecule has 0 bridgehead atoms. The Labute approximate surface area is 123 Å². The van der Waals surface area contributed by atoms with Gasteiger partial charge in [-0.25, -0.2) is 4.39 Å². The van der Waals surface area contributed by atoms with Crippen molar-refractivity contribution in [3.63, 3.8) is 0 Å². The van der Waals surface area contributed by atoms with Gasteiger partial charge >= 0.3 is 0 Å². The number of phenolic OH excluding ortho intramolecular Hbond substituents is 1. The molecular weight excluding hydrogens is 368 g/mol. The van der Waals surface area contributed by atoms with Gasteiger partial charge in [-0.05, 0) is 59.0 Å². The van der Waals surface area contributed by atoms with Gasteiger partial charge in [0.15, 0.2) is 0 Å². The number of phenols is 1. The lowest BCUT2D eigenvalue weighted by molar-refractivity contribution is 0.466. The minimum atomic E-state index is -0.377. The second-order valence-electron chi connectivity index (χ2n) is 3.75. The monoisotopic (exact) mass is 377 g/mol. The molecule has 18 heavy (non-hydrogen) atoms. The first kappa shape index (κ1) is 13.4. The first-order valence-corrected chi connectivity index (χ1v) is 6.68. The molecule has 5 heteroatoms. The summed E-state index contributed by atoms with van der Waals surface area (Å²) in [5.74, 6) is -0.316. The molecule has 0 heterocycles. The summed E-state index contributed by atoms with van der Waals surface area (Å²) in [5, 5.41) is 13.2. The minimum absolute atomic E-state index is 0.0607. The molecule has 2 aromatic carbocycles. The van der Waals surface area contributed by atoms with Crippen LogP contribution in [0.2, 0.25) is 5.02 Å². The number of aromatic hydroxyl groups is 1. The molecule has 2 nitrogen and oxygen atoms in total. The summed E-state index contributed by atoms with van der Waals surface area (Å²) in [5.41, 5.74) is 1.24. The lowest BCUT2D eigenvalue weighted by atomic mass is 10.2. The zero-order valence-corrected chi connectivity index (χ0v) is 12.2. The Morgan fingerprint density at radius 2 is 2.00 bits per heavy atom. The van der Waals surface area contributed by atoms with Gasteiger partial charge in [0, 0.05) is 15.7 Å². The molecule has 94 valence electrons. The van der Waals surface area contributed by atoms with E-state index in [0.29, 0.717) is 17.1 Å². The second-order valence-corrected chi connectivity index (χ2v) is 5.40. The van der Waals surface area contributed by atoms with Gasteiger partial charge in [-0.1, -0.05) is 11.6 Å². The van der Waals surface area contributed by atoms with Crippen LogP contribution in [0.1, 0.15) is 5.56 Å². The molecule has 2 aromatic rings. The Morgan fingerprint density at radius 3 is 2.72 bits per heavy atom. The Morgan fingerprint density at radius 1 is 1.22 bits per heavy atom. The predicted molar refractivity (Wildman–Crippen MR) is 79.6 cm³/mol. The maximum Gasteiger partial charge on any atom is 0.123 e. The van der Waals surface area contributed by atoms with Crippen molar-refractivity contribution < 1.29 is 9.50 Å². The fourth-order valence-electron chi connectivity index (χ4n) is 1.52. The summed E-state index contributed by atoms with van der Waals surface area (Å²) >= 11 is 8.23. The molecule has 0 radical (unpaired) electrons. The van der Waals surface area contributed by atoms with Crippen LogP contribution in [0.3, 0.4) is 0 Å². The zero-order valence-electron chi connectivity index (χ0n) is 9.25. The SMILES string of the molecule is Oc1ccc(F)cc1CNc1ccc(I)cc1Cl. The summed E-state index contributed by atoms with van der Waals surface area (Å²) in [4.78, 5) is 0. The van der Waals surface area contributed by atoms with E-state index in [-0.39, 0.29) is 11.6 Å². The fraction of sp³-hybridized carbons (Fsp3) is 0.0769. The molecule has 0 saturated carbocycles. The van der Waals surface area contributed by atoms with Gasteiger partial charge in [-0.2, -0.15) is 0 Å². The van der Waals surface area contributed by atoms with Gasteiger partial charge in [-0.15, -0.1) is 0 Å². The van der Waals surface area contributed by atoms with Crippen LogP contribution in [0.4, 0.5) is 10.1 Å². The highest BCUT2D eigenvalue weighted by atomic mass is 127. The Bertz CT molecular complexity index is 577. The predicted octanol–water partition coefficient (Wildman–Crippen LogP) is 4.40. The minimum Gasteiger partial charge on any atom is -0.508 e. The molecule has 0 spiro atoms. The molecule has 0 saturated heterocycles. The van der Waals surface area contributed by atoms with Gasteiger partial charge in [0.1, 0.15) is 11.6 Å². The number of hydrogen-bond donors (Lipinski definition) is 2. The zero-order chi connectivity index (χ0) is 13.1. The van der Waals surface area contributed by atoms with Crippen molar-refractivity contribution in [3.8, 4) is 5.75 Å². The number of nitrogens with one attached hydrogen (secondary N) is 1. The standard InChI is InChI=1S/C13H10ClFINO/c14-11-6-10(16)2-3-12(11)17-7-8-5-9(15)1-4-13(8)18/h1-6,17-18H,7H2. The van der Waals surface area contributed by atoms with Gasteiger partial charge in [0.05, 0.1) is 10.7 Å². The van der Waals surface area contributed by atoms with E-state index in [1.165, 1.54) is 18.2 Å². The molecule has 0 fully saturated rings. The fourth-order valence-corrected chi connectivity index (χ4v) is 2.44. The van der Waals surface area contributed by atoms with E-state index in [1.807, 2.05) is 18.2 Å². The Kier molecular flexibility index (Phi) is 4.29. The number of anilines is 1. The largest absolute Gasteiger partial charge is 0.508 e. The summed E-state index contributed by atoms with van der Waals surface area (Å²) < 4.78 is 14.1. The molecule has 0 aliphatic rings. The number of benzene rings is 2. The first-order valence-electron chi connectivity index (χ1n) is 5.22. The van der Waals surface area contributed by atoms with E-state index >= 15 is 0 Å². The maximum atomic E-state index is 13.0. The summed E-state index contributed by atoms with van der Waals surface area (Å²) in [7, 11) is 0. The highest BCUT2D eigenvalue weighted by Crippen LogP contribution is 2.25. The van der Waals surface area contributed by atoms with Crippen molar-refractivity contribution in [2.24, 2.45) is 0 Å². The van der Waals surface area contributed by atoms with Crippen molar-refractivity contribution in [2.75, 3.05) is 5.32 Å². The quantitative estimate of drug-likeness (QED) is 0.777. The van der Waals surface area contributed by atoms with Gasteiger partial charge in [0.2, 0.25) is 0 Å².